The highest BCUT2D eigenvalue weighted by Crippen LogP contribution is 2.41. The second-order valence-electron chi connectivity index (χ2n) is 5.23. The van der Waals surface area contributed by atoms with Gasteiger partial charge in [-0.3, -0.25) is 0 Å². The van der Waals surface area contributed by atoms with Crippen LogP contribution in [0.5, 0.6) is 0 Å². The second-order valence-corrected chi connectivity index (χ2v) is 5.23. The predicted octanol–water partition coefficient (Wildman–Crippen LogP) is 4.25. The number of aromatic nitrogens is 2. The van der Waals surface area contributed by atoms with Crippen LogP contribution in [0.4, 0.5) is 11.6 Å². The van der Waals surface area contributed by atoms with Crippen molar-refractivity contribution in [1.82, 2.24) is 9.97 Å². The van der Waals surface area contributed by atoms with Crippen LogP contribution in [-0.4, -0.2) is 9.97 Å². The lowest BCUT2D eigenvalue weighted by molar-refractivity contribution is 1.03. The number of fused-ring (bicyclic) bond motifs is 1. The first-order valence-electron chi connectivity index (χ1n) is 6.98. The quantitative estimate of drug-likeness (QED) is 0.765. The number of nitrogens with one attached hydrogen (secondary N) is 1. The smallest absolute Gasteiger partial charge is 0.139 e. The largest absolute Gasteiger partial charge is 0.324 e. The molecule has 0 radical (unpaired) electrons. The van der Waals surface area contributed by atoms with E-state index in [-0.39, 0.29) is 0 Å². The predicted molar refractivity (Wildman–Crippen MR) is 81.2 cm³/mol. The van der Waals surface area contributed by atoms with Crippen molar-refractivity contribution < 1.29 is 0 Å². The molecule has 1 saturated carbocycles. The first kappa shape index (κ1) is 11.4. The van der Waals surface area contributed by atoms with Crippen molar-refractivity contribution in [3.63, 3.8) is 0 Å². The molecule has 4 rings (SSSR count). The molecule has 1 aromatic carbocycles. The Morgan fingerprint density at radius 2 is 1.85 bits per heavy atom. The molecular weight excluding hydrogens is 246 g/mol. The van der Waals surface area contributed by atoms with E-state index in [0.29, 0.717) is 5.92 Å². The molecule has 2 heterocycles. The summed E-state index contributed by atoms with van der Waals surface area (Å²) >= 11 is 0. The average Bonchev–Trinajstić information content (AvgIpc) is 3.33. The van der Waals surface area contributed by atoms with Gasteiger partial charge >= 0.3 is 0 Å². The van der Waals surface area contributed by atoms with Gasteiger partial charge in [-0.2, -0.15) is 0 Å². The first-order chi connectivity index (χ1) is 9.90. The van der Waals surface area contributed by atoms with Gasteiger partial charge in [-0.15, -0.1) is 0 Å². The Morgan fingerprint density at radius 1 is 1.00 bits per heavy atom. The van der Waals surface area contributed by atoms with Crippen LogP contribution >= 0.6 is 0 Å². The molecule has 3 aromatic rings. The van der Waals surface area contributed by atoms with E-state index in [4.69, 9.17) is 4.98 Å². The Hall–Kier alpha value is -2.42. The number of hydrogen-bond donors (Lipinski definition) is 1. The maximum Gasteiger partial charge on any atom is 0.139 e. The van der Waals surface area contributed by atoms with Crippen LogP contribution in [0.25, 0.3) is 10.8 Å². The summed E-state index contributed by atoms with van der Waals surface area (Å²) < 4.78 is 0. The van der Waals surface area contributed by atoms with Gasteiger partial charge in [-0.25, -0.2) is 9.97 Å². The first-order valence-corrected chi connectivity index (χ1v) is 6.98. The van der Waals surface area contributed by atoms with Gasteiger partial charge in [0.2, 0.25) is 0 Å². The van der Waals surface area contributed by atoms with E-state index in [2.05, 4.69) is 34.6 Å². The summed E-state index contributed by atoms with van der Waals surface area (Å²) in [5, 5.41) is 5.73. The number of hydrogen-bond acceptors (Lipinski definition) is 3. The average molecular weight is 261 g/mol. The fourth-order valence-electron chi connectivity index (χ4n) is 2.46. The topological polar surface area (TPSA) is 37.8 Å². The van der Waals surface area contributed by atoms with E-state index < -0.39 is 0 Å². The fraction of sp³-hybridized carbons (Fsp3) is 0.176. The Morgan fingerprint density at radius 3 is 2.65 bits per heavy atom. The third-order valence-electron chi connectivity index (χ3n) is 3.67. The van der Waals surface area contributed by atoms with Gasteiger partial charge < -0.3 is 5.32 Å². The number of rotatable bonds is 3. The third kappa shape index (κ3) is 2.11. The van der Waals surface area contributed by atoms with Crippen molar-refractivity contribution in [2.45, 2.75) is 18.8 Å². The minimum Gasteiger partial charge on any atom is -0.324 e. The van der Waals surface area contributed by atoms with E-state index in [0.717, 1.165) is 17.0 Å². The maximum atomic E-state index is 4.81. The summed E-state index contributed by atoms with van der Waals surface area (Å²) in [4.78, 5) is 9.13. The van der Waals surface area contributed by atoms with Crippen LogP contribution in [0.3, 0.4) is 0 Å². The summed E-state index contributed by atoms with van der Waals surface area (Å²) in [7, 11) is 0. The standard InChI is InChI=1S/C17H15N3/c1-2-6-14-13(5-1)11-15(12-8-9-12)19-17(14)20-16-7-3-4-10-18-16/h1-7,10-12H,8-9H2,(H,18,19,20). The Labute approximate surface area is 117 Å². The molecule has 0 bridgehead atoms. The summed E-state index contributed by atoms with van der Waals surface area (Å²) in [6, 6.07) is 16.4. The maximum absolute atomic E-state index is 4.81. The number of nitrogens with zero attached hydrogens (tertiary/aromatic N) is 2. The zero-order chi connectivity index (χ0) is 13.4. The zero-order valence-corrected chi connectivity index (χ0v) is 11.1. The van der Waals surface area contributed by atoms with Crippen molar-refractivity contribution in [1.29, 1.82) is 0 Å². The van der Waals surface area contributed by atoms with Crippen LogP contribution in [0, 0.1) is 0 Å². The molecule has 3 nitrogen and oxygen atoms in total. The molecular formula is C17H15N3. The minimum absolute atomic E-state index is 0.642. The zero-order valence-electron chi connectivity index (χ0n) is 11.1. The number of benzene rings is 1. The normalized spacial score (nSPS) is 14.4. The van der Waals surface area contributed by atoms with E-state index in [9.17, 15) is 0 Å². The number of anilines is 2. The fourth-order valence-corrected chi connectivity index (χ4v) is 2.46. The van der Waals surface area contributed by atoms with Crippen LogP contribution < -0.4 is 5.32 Å². The Bertz CT molecular complexity index is 749. The van der Waals surface area contributed by atoms with E-state index in [1.807, 2.05) is 24.3 Å². The molecule has 0 atom stereocenters. The molecule has 0 aliphatic heterocycles. The van der Waals surface area contributed by atoms with Gasteiger partial charge in [0, 0.05) is 23.2 Å². The summed E-state index contributed by atoms with van der Waals surface area (Å²) in [5.74, 6) is 2.38. The molecule has 0 amide bonds. The Kier molecular flexibility index (Phi) is 2.62. The van der Waals surface area contributed by atoms with Crippen LogP contribution in [0.1, 0.15) is 24.5 Å². The molecule has 1 aliphatic carbocycles. The van der Waals surface area contributed by atoms with Crippen molar-refractivity contribution >= 4 is 22.4 Å². The molecule has 1 N–H and O–H groups in total. The lowest BCUT2D eigenvalue weighted by Crippen LogP contribution is -1.99. The highest BCUT2D eigenvalue weighted by Gasteiger charge is 2.25. The molecule has 0 spiro atoms. The molecule has 1 fully saturated rings. The van der Waals surface area contributed by atoms with Crippen LogP contribution in [0.2, 0.25) is 0 Å². The van der Waals surface area contributed by atoms with E-state index in [1.54, 1.807) is 6.20 Å². The third-order valence-corrected chi connectivity index (χ3v) is 3.67. The van der Waals surface area contributed by atoms with Crippen molar-refractivity contribution in [2.24, 2.45) is 0 Å². The van der Waals surface area contributed by atoms with Crippen LogP contribution in [-0.2, 0) is 0 Å². The molecule has 2 aromatic heterocycles. The SMILES string of the molecule is c1ccc(Nc2nc(C3CC3)cc3ccccc23)nc1. The van der Waals surface area contributed by atoms with Gasteiger partial charge in [-0.1, -0.05) is 30.3 Å². The Balaban J connectivity index is 1.83. The molecule has 20 heavy (non-hydrogen) atoms. The summed E-state index contributed by atoms with van der Waals surface area (Å²) in [6.07, 6.45) is 4.30. The summed E-state index contributed by atoms with van der Waals surface area (Å²) in [5.41, 5.74) is 1.20. The minimum atomic E-state index is 0.642. The highest BCUT2D eigenvalue weighted by atomic mass is 15.1. The highest BCUT2D eigenvalue weighted by molar-refractivity contribution is 5.93. The lowest BCUT2D eigenvalue weighted by atomic mass is 10.1. The number of pyridine rings is 2. The van der Waals surface area contributed by atoms with E-state index in [1.165, 1.54) is 23.9 Å². The van der Waals surface area contributed by atoms with Gasteiger partial charge in [0.05, 0.1) is 0 Å². The molecule has 1 aliphatic rings. The lowest BCUT2D eigenvalue weighted by Gasteiger charge is -2.10. The van der Waals surface area contributed by atoms with E-state index >= 15 is 0 Å². The second kappa shape index (κ2) is 4.60. The van der Waals surface area contributed by atoms with Gasteiger partial charge in [0.1, 0.15) is 11.6 Å². The van der Waals surface area contributed by atoms with Gasteiger partial charge in [0.25, 0.3) is 0 Å². The van der Waals surface area contributed by atoms with Gasteiger partial charge in [-0.05, 0) is 36.4 Å². The van der Waals surface area contributed by atoms with Crippen LogP contribution in [0.15, 0.2) is 54.7 Å². The monoisotopic (exact) mass is 261 g/mol. The molecule has 3 heteroatoms. The van der Waals surface area contributed by atoms with Gasteiger partial charge in [0.15, 0.2) is 0 Å². The molecule has 0 saturated heterocycles. The van der Waals surface area contributed by atoms with Crippen molar-refractivity contribution in [3.05, 3.63) is 60.4 Å². The van der Waals surface area contributed by atoms with Crippen molar-refractivity contribution in [3.8, 4) is 0 Å². The summed E-state index contributed by atoms with van der Waals surface area (Å²) in [6.45, 7) is 0. The molecule has 0 unspecified atom stereocenters. The molecule has 98 valence electrons. The van der Waals surface area contributed by atoms with Crippen molar-refractivity contribution in [2.75, 3.05) is 5.32 Å².